The highest BCUT2D eigenvalue weighted by atomic mass is 35.5. The molecule has 0 aliphatic rings. The molecule has 7 nitrogen and oxygen atoms in total. The molecule has 2 aromatic carbocycles. The van der Waals surface area contributed by atoms with E-state index in [-0.39, 0.29) is 12.4 Å². The lowest BCUT2D eigenvalue weighted by Crippen LogP contribution is -2.16. The van der Waals surface area contributed by atoms with Gasteiger partial charge >= 0.3 is 0 Å². The van der Waals surface area contributed by atoms with Crippen molar-refractivity contribution < 1.29 is 24.3 Å². The number of hydrogen-bond donors (Lipinski definition) is 2. The molecule has 0 aliphatic heterocycles. The highest BCUT2D eigenvalue weighted by Crippen LogP contribution is 2.27. The van der Waals surface area contributed by atoms with Gasteiger partial charge in [-0.3, -0.25) is 14.8 Å². The summed E-state index contributed by atoms with van der Waals surface area (Å²) < 4.78 is 10.4. The molecule has 9 heteroatoms. The van der Waals surface area contributed by atoms with E-state index < -0.39 is 0 Å². The zero-order chi connectivity index (χ0) is 25.8. The number of halogens is 2. The Morgan fingerprint density at radius 1 is 1.03 bits per heavy atom. The lowest BCUT2D eigenvalue weighted by Gasteiger charge is -2.16. The average Bonchev–Trinajstić information content (AvgIpc) is 2.84. The van der Waals surface area contributed by atoms with Gasteiger partial charge in [-0.1, -0.05) is 50.9 Å². The predicted molar refractivity (Wildman–Crippen MR) is 137 cm³/mol. The van der Waals surface area contributed by atoms with E-state index in [4.69, 9.17) is 37.5 Å². The standard InChI is InChI=1S/C11H18N2O3.C9H8Cl2O2.2C2H6/c1-12-7-6-9-8-10(13(14)16-3)4-5-11(9)15-2;1-6(12)5-13-9-3-2-7(10)4-8(9)11;2*1-2/h4-5,8,12,14H,6-7H2,1-3H3;2-4H,5H2,1H3;2*1-2H3. The van der Waals surface area contributed by atoms with Crippen molar-refractivity contribution in [2.45, 2.75) is 41.0 Å². The van der Waals surface area contributed by atoms with Gasteiger partial charge in [0.2, 0.25) is 0 Å². The second-order valence-corrected chi connectivity index (χ2v) is 6.71. The Morgan fingerprint density at radius 2 is 1.64 bits per heavy atom. The van der Waals surface area contributed by atoms with E-state index >= 15 is 0 Å². The second-order valence-electron chi connectivity index (χ2n) is 5.87. The van der Waals surface area contributed by atoms with E-state index in [0.29, 0.717) is 21.5 Å². The van der Waals surface area contributed by atoms with Gasteiger partial charge in [0.25, 0.3) is 0 Å². The number of hydrogen-bond acceptors (Lipinski definition) is 7. The average molecular weight is 505 g/mol. The first kappa shape index (κ1) is 33.1. The maximum Gasteiger partial charge on any atom is 0.167 e. The molecule has 33 heavy (non-hydrogen) atoms. The zero-order valence-electron chi connectivity index (χ0n) is 20.9. The van der Waals surface area contributed by atoms with E-state index in [9.17, 15) is 10.0 Å². The molecule has 0 saturated carbocycles. The smallest absolute Gasteiger partial charge is 0.167 e. The monoisotopic (exact) mass is 504 g/mol. The molecule has 0 amide bonds. The maximum atomic E-state index is 10.6. The SMILES string of the molecule is CC.CC.CC(=O)COc1ccc(Cl)cc1Cl.CNCCc1cc(N(O)OC)ccc1OC. The Balaban J connectivity index is 0. The van der Waals surface area contributed by atoms with Crippen LogP contribution in [0, 0.1) is 0 Å². The highest BCUT2D eigenvalue weighted by Gasteiger charge is 2.08. The number of ketones is 1. The molecule has 0 heterocycles. The van der Waals surface area contributed by atoms with E-state index in [1.165, 1.54) is 14.0 Å². The van der Waals surface area contributed by atoms with Crippen LogP contribution in [0.3, 0.4) is 0 Å². The van der Waals surface area contributed by atoms with Crippen LogP contribution < -0.4 is 20.0 Å². The summed E-state index contributed by atoms with van der Waals surface area (Å²) in [6.07, 6.45) is 0.824. The molecule has 0 spiro atoms. The number of Topliss-reactive ketones (excluding diaryl/α,β-unsaturated/α-hetero) is 1. The predicted octanol–water partition coefficient (Wildman–Crippen LogP) is 6.23. The number of methoxy groups -OCH3 is 1. The van der Waals surface area contributed by atoms with Gasteiger partial charge in [0.15, 0.2) is 5.78 Å². The first-order valence-electron chi connectivity index (χ1n) is 10.7. The molecule has 0 atom stereocenters. The number of benzene rings is 2. The van der Waals surface area contributed by atoms with E-state index in [0.717, 1.165) is 29.5 Å². The Hall–Kier alpha value is -2.03. The fraction of sp³-hybridized carbons (Fsp3) is 0.458. The molecule has 0 bridgehead atoms. The van der Waals surface area contributed by atoms with Crippen LogP contribution >= 0.6 is 23.2 Å². The van der Waals surface area contributed by atoms with Crippen LogP contribution in [0.1, 0.15) is 40.2 Å². The van der Waals surface area contributed by atoms with Crippen LogP contribution in [0.2, 0.25) is 10.0 Å². The highest BCUT2D eigenvalue weighted by molar-refractivity contribution is 6.35. The minimum atomic E-state index is -0.0500. The van der Waals surface area contributed by atoms with Gasteiger partial charge in [-0.25, -0.2) is 0 Å². The van der Waals surface area contributed by atoms with Crippen molar-refractivity contribution in [2.24, 2.45) is 0 Å². The van der Waals surface area contributed by atoms with E-state index in [1.807, 2.05) is 46.9 Å². The molecule has 0 aromatic heterocycles. The van der Waals surface area contributed by atoms with Crippen molar-refractivity contribution in [1.82, 2.24) is 5.32 Å². The van der Waals surface area contributed by atoms with Gasteiger partial charge in [-0.05, 0) is 68.9 Å². The van der Waals surface area contributed by atoms with Gasteiger partial charge in [-0.2, -0.15) is 0 Å². The quantitative estimate of drug-likeness (QED) is 0.391. The van der Waals surface area contributed by atoms with Gasteiger partial charge < -0.3 is 14.8 Å². The van der Waals surface area contributed by atoms with Gasteiger partial charge in [-0.15, -0.1) is 5.23 Å². The van der Waals surface area contributed by atoms with Gasteiger partial charge in [0, 0.05) is 5.02 Å². The first-order valence-corrected chi connectivity index (χ1v) is 11.5. The molecule has 2 rings (SSSR count). The summed E-state index contributed by atoms with van der Waals surface area (Å²) in [6, 6.07) is 10.2. The summed E-state index contributed by atoms with van der Waals surface area (Å²) >= 11 is 11.5. The van der Waals surface area contributed by atoms with Crippen LogP contribution in [-0.2, 0) is 16.1 Å². The number of ether oxygens (including phenoxy) is 2. The summed E-state index contributed by atoms with van der Waals surface area (Å²) in [5.41, 5.74) is 1.60. The Kier molecular flexibility index (Phi) is 20.7. The Morgan fingerprint density at radius 3 is 2.12 bits per heavy atom. The number of rotatable bonds is 9. The van der Waals surface area contributed by atoms with Crippen LogP contribution in [0.5, 0.6) is 11.5 Å². The molecule has 0 unspecified atom stereocenters. The second kappa shape index (κ2) is 20.6. The Labute approximate surface area is 208 Å². The molecular formula is C24H38Cl2N2O5. The minimum absolute atomic E-state index is 0.0291. The van der Waals surface area contributed by atoms with E-state index in [1.54, 1.807) is 31.4 Å². The largest absolute Gasteiger partial charge is 0.496 e. The zero-order valence-corrected chi connectivity index (χ0v) is 22.4. The van der Waals surface area contributed by atoms with Crippen LogP contribution in [0.25, 0.3) is 0 Å². The Bertz CT molecular complexity index is 791. The first-order chi connectivity index (χ1) is 15.8. The number of likely N-dealkylation sites (N-methyl/N-ethyl adjacent to an activating group) is 1. The molecule has 0 aliphatic carbocycles. The third-order valence-corrected chi connectivity index (χ3v) is 4.16. The van der Waals surface area contributed by atoms with Gasteiger partial charge in [0.1, 0.15) is 18.1 Å². The summed E-state index contributed by atoms with van der Waals surface area (Å²) in [4.78, 5) is 15.3. The number of carbonyl (C=O) groups excluding carboxylic acids is 1. The van der Waals surface area contributed by atoms with Crippen LogP contribution in [-0.4, -0.2) is 45.4 Å². The minimum Gasteiger partial charge on any atom is -0.496 e. The number of nitrogens with zero attached hydrogens (tertiary/aromatic N) is 1. The van der Waals surface area contributed by atoms with Gasteiger partial charge in [0.05, 0.1) is 24.9 Å². The third kappa shape index (κ3) is 14.0. The summed E-state index contributed by atoms with van der Waals surface area (Å²) in [5.74, 6) is 1.23. The fourth-order valence-electron chi connectivity index (χ4n) is 2.22. The summed E-state index contributed by atoms with van der Waals surface area (Å²) in [5, 5.41) is 14.1. The summed E-state index contributed by atoms with van der Waals surface area (Å²) in [7, 11) is 4.92. The van der Waals surface area contributed by atoms with Crippen molar-refractivity contribution in [3.63, 3.8) is 0 Å². The van der Waals surface area contributed by atoms with E-state index in [2.05, 4.69) is 5.32 Å². The third-order valence-electron chi connectivity index (χ3n) is 3.63. The van der Waals surface area contributed by atoms with Crippen LogP contribution in [0.15, 0.2) is 36.4 Å². The molecular weight excluding hydrogens is 467 g/mol. The molecule has 188 valence electrons. The maximum absolute atomic E-state index is 10.6. The molecule has 0 saturated heterocycles. The number of nitrogens with one attached hydrogen (secondary N) is 1. The van der Waals surface area contributed by atoms with Crippen molar-refractivity contribution in [3.8, 4) is 11.5 Å². The lowest BCUT2D eigenvalue weighted by atomic mass is 10.1. The fourth-order valence-corrected chi connectivity index (χ4v) is 2.68. The molecule has 0 fully saturated rings. The van der Waals surface area contributed by atoms with Crippen molar-refractivity contribution in [1.29, 1.82) is 0 Å². The lowest BCUT2D eigenvalue weighted by molar-refractivity contribution is -0.118. The summed E-state index contributed by atoms with van der Waals surface area (Å²) in [6.45, 7) is 10.3. The number of anilines is 1. The topological polar surface area (TPSA) is 80.3 Å². The van der Waals surface area contributed by atoms with Crippen molar-refractivity contribution in [2.75, 3.05) is 39.6 Å². The number of carbonyl (C=O) groups is 1. The molecule has 2 aromatic rings. The van der Waals surface area contributed by atoms with Crippen molar-refractivity contribution in [3.05, 3.63) is 52.0 Å². The van der Waals surface area contributed by atoms with Crippen molar-refractivity contribution >= 4 is 34.7 Å². The van der Waals surface area contributed by atoms with Crippen LogP contribution in [0.4, 0.5) is 5.69 Å². The molecule has 0 radical (unpaired) electrons. The normalized spacial score (nSPS) is 9.18. The molecule has 2 N–H and O–H groups in total.